The van der Waals surface area contributed by atoms with Gasteiger partial charge in [0.2, 0.25) is 0 Å². The lowest BCUT2D eigenvalue weighted by molar-refractivity contribution is 0.101. The minimum absolute atomic E-state index is 0.166. The van der Waals surface area contributed by atoms with Crippen molar-refractivity contribution in [1.82, 2.24) is 15.0 Å². The van der Waals surface area contributed by atoms with Gasteiger partial charge >= 0.3 is 5.69 Å². The lowest BCUT2D eigenvalue weighted by Gasteiger charge is -1.94. The second-order valence-electron chi connectivity index (χ2n) is 2.72. The fraction of sp³-hybridized carbons (Fsp3) is 0.125. The molecule has 0 amide bonds. The van der Waals surface area contributed by atoms with Gasteiger partial charge in [-0.2, -0.15) is 0 Å². The predicted octanol–water partition coefficient (Wildman–Crippen LogP) is 0.454. The van der Waals surface area contributed by atoms with Crippen LogP contribution in [0.3, 0.4) is 0 Å². The predicted molar refractivity (Wildman–Crippen MR) is 46.7 cm³/mol. The average molecular weight is 177 g/mol. The summed E-state index contributed by atoms with van der Waals surface area (Å²) in [6.45, 7) is 1.41. The van der Waals surface area contributed by atoms with E-state index in [4.69, 9.17) is 0 Å². The number of Topliss-reactive ketones (excluding diaryl/α,β-unsaturated/α-hetero) is 1. The van der Waals surface area contributed by atoms with Crippen molar-refractivity contribution in [2.75, 3.05) is 0 Å². The largest absolute Gasteiger partial charge is 0.323 e. The van der Waals surface area contributed by atoms with Gasteiger partial charge < -0.3 is 9.97 Å². The quantitative estimate of drug-likeness (QED) is 0.621. The van der Waals surface area contributed by atoms with Gasteiger partial charge in [-0.25, -0.2) is 4.79 Å². The molecule has 2 heterocycles. The van der Waals surface area contributed by atoms with Gasteiger partial charge in [0.1, 0.15) is 5.69 Å². The summed E-state index contributed by atoms with van der Waals surface area (Å²) in [7, 11) is 0. The first kappa shape index (κ1) is 7.72. The maximum atomic E-state index is 11.1. The van der Waals surface area contributed by atoms with Crippen LogP contribution in [0.1, 0.15) is 17.4 Å². The summed E-state index contributed by atoms with van der Waals surface area (Å²) in [6.07, 6.45) is 1.49. The fourth-order valence-electron chi connectivity index (χ4n) is 1.23. The Morgan fingerprint density at radius 1 is 1.46 bits per heavy atom. The molecule has 0 unspecified atom stereocenters. The van der Waals surface area contributed by atoms with Gasteiger partial charge in [-0.15, -0.1) is 0 Å². The number of imidazole rings is 1. The van der Waals surface area contributed by atoms with Gasteiger partial charge in [0.05, 0.1) is 11.0 Å². The number of pyridine rings is 1. The average Bonchev–Trinajstić information content (AvgIpc) is 2.43. The van der Waals surface area contributed by atoms with Crippen molar-refractivity contribution in [1.29, 1.82) is 0 Å². The highest BCUT2D eigenvalue weighted by molar-refractivity contribution is 6.02. The smallest absolute Gasteiger partial charge is 0.306 e. The SMILES string of the molecule is CC(=O)c1nccc2[nH]c(=O)[nH]c12. The van der Waals surface area contributed by atoms with Crippen molar-refractivity contribution in [3.05, 3.63) is 28.4 Å². The molecule has 0 fully saturated rings. The zero-order valence-corrected chi connectivity index (χ0v) is 6.92. The number of carbonyl (C=O) groups excluding carboxylic acids is 1. The van der Waals surface area contributed by atoms with Crippen molar-refractivity contribution in [3.8, 4) is 0 Å². The molecule has 13 heavy (non-hydrogen) atoms. The molecule has 0 spiro atoms. The first-order chi connectivity index (χ1) is 6.18. The summed E-state index contributed by atoms with van der Waals surface area (Å²) in [4.78, 5) is 30.9. The Bertz CT molecular complexity index is 523. The molecule has 2 aromatic heterocycles. The molecule has 2 aromatic rings. The third-order valence-electron chi connectivity index (χ3n) is 1.77. The molecular weight excluding hydrogens is 170 g/mol. The van der Waals surface area contributed by atoms with E-state index < -0.39 is 0 Å². The third-order valence-corrected chi connectivity index (χ3v) is 1.77. The lowest BCUT2D eigenvalue weighted by atomic mass is 10.2. The summed E-state index contributed by atoms with van der Waals surface area (Å²) in [6, 6.07) is 1.64. The number of rotatable bonds is 1. The maximum Gasteiger partial charge on any atom is 0.323 e. The number of hydrogen-bond acceptors (Lipinski definition) is 3. The Morgan fingerprint density at radius 3 is 2.92 bits per heavy atom. The zero-order valence-electron chi connectivity index (χ0n) is 6.92. The Balaban J connectivity index is 2.90. The monoisotopic (exact) mass is 177 g/mol. The molecule has 0 atom stereocenters. The molecule has 0 aliphatic heterocycles. The molecule has 0 aromatic carbocycles. The molecule has 0 aliphatic carbocycles. The molecule has 0 aliphatic rings. The van der Waals surface area contributed by atoms with E-state index in [1.165, 1.54) is 13.1 Å². The zero-order chi connectivity index (χ0) is 9.42. The van der Waals surface area contributed by atoms with Crippen LogP contribution in [0, 0.1) is 0 Å². The standard InChI is InChI=1S/C8H7N3O2/c1-4(12)6-7-5(2-3-9-6)10-8(13)11-7/h2-3H,1H3,(H2,10,11,13). The van der Waals surface area contributed by atoms with Crippen LogP contribution in [0.25, 0.3) is 11.0 Å². The Hall–Kier alpha value is -1.91. The number of aromatic amines is 2. The van der Waals surface area contributed by atoms with E-state index >= 15 is 0 Å². The highest BCUT2D eigenvalue weighted by atomic mass is 16.1. The van der Waals surface area contributed by atoms with Crippen LogP contribution >= 0.6 is 0 Å². The maximum absolute atomic E-state index is 11.1. The summed E-state index contributed by atoms with van der Waals surface area (Å²) in [5.74, 6) is -0.166. The molecule has 5 nitrogen and oxygen atoms in total. The first-order valence-corrected chi connectivity index (χ1v) is 3.76. The molecule has 2 N–H and O–H groups in total. The summed E-state index contributed by atoms with van der Waals surface area (Å²) < 4.78 is 0. The van der Waals surface area contributed by atoms with Crippen molar-refractivity contribution < 1.29 is 4.79 Å². The molecule has 66 valence electrons. The Labute approximate surface area is 72.8 Å². The van der Waals surface area contributed by atoms with E-state index in [9.17, 15) is 9.59 Å². The van der Waals surface area contributed by atoms with E-state index in [0.29, 0.717) is 11.0 Å². The van der Waals surface area contributed by atoms with Crippen LogP contribution in [0.15, 0.2) is 17.1 Å². The van der Waals surface area contributed by atoms with Crippen LogP contribution in [-0.2, 0) is 0 Å². The molecular formula is C8H7N3O2. The van der Waals surface area contributed by atoms with E-state index in [-0.39, 0.29) is 17.2 Å². The van der Waals surface area contributed by atoms with Gasteiger partial charge in [-0.1, -0.05) is 0 Å². The minimum atomic E-state index is -0.328. The number of fused-ring (bicyclic) bond motifs is 1. The van der Waals surface area contributed by atoms with Crippen LogP contribution in [0.4, 0.5) is 0 Å². The Morgan fingerprint density at radius 2 is 2.23 bits per heavy atom. The van der Waals surface area contributed by atoms with E-state index in [1.807, 2.05) is 0 Å². The third kappa shape index (κ3) is 1.14. The highest BCUT2D eigenvalue weighted by Crippen LogP contribution is 2.09. The fourth-order valence-corrected chi connectivity index (χ4v) is 1.23. The van der Waals surface area contributed by atoms with Gasteiger partial charge in [0.15, 0.2) is 5.78 Å². The van der Waals surface area contributed by atoms with E-state index in [1.54, 1.807) is 6.07 Å². The van der Waals surface area contributed by atoms with Crippen LogP contribution in [0.2, 0.25) is 0 Å². The summed E-state index contributed by atoms with van der Waals surface area (Å²) >= 11 is 0. The Kier molecular flexibility index (Phi) is 1.51. The van der Waals surface area contributed by atoms with Gasteiger partial charge in [-0.05, 0) is 6.07 Å². The molecule has 0 saturated carbocycles. The summed E-state index contributed by atoms with van der Waals surface area (Å²) in [5, 5.41) is 0. The number of hydrogen-bond donors (Lipinski definition) is 2. The van der Waals surface area contributed by atoms with Gasteiger partial charge in [0, 0.05) is 13.1 Å². The van der Waals surface area contributed by atoms with Crippen LogP contribution in [-0.4, -0.2) is 20.7 Å². The highest BCUT2D eigenvalue weighted by Gasteiger charge is 2.08. The minimum Gasteiger partial charge on any atom is -0.306 e. The molecule has 0 saturated heterocycles. The topological polar surface area (TPSA) is 78.6 Å². The summed E-state index contributed by atoms with van der Waals surface area (Å²) in [5.41, 5.74) is 1.03. The van der Waals surface area contributed by atoms with Crippen LogP contribution < -0.4 is 5.69 Å². The number of nitrogens with zero attached hydrogens (tertiary/aromatic N) is 1. The van der Waals surface area contributed by atoms with Crippen molar-refractivity contribution in [3.63, 3.8) is 0 Å². The number of H-pyrrole nitrogens is 2. The van der Waals surface area contributed by atoms with E-state index in [0.717, 1.165) is 0 Å². The molecule has 0 bridgehead atoms. The van der Waals surface area contributed by atoms with Gasteiger partial charge in [-0.3, -0.25) is 9.78 Å². The van der Waals surface area contributed by atoms with Gasteiger partial charge in [0.25, 0.3) is 0 Å². The van der Waals surface area contributed by atoms with E-state index in [2.05, 4.69) is 15.0 Å². The molecule has 2 rings (SSSR count). The molecule has 5 heteroatoms. The number of carbonyl (C=O) groups is 1. The van der Waals surface area contributed by atoms with Crippen molar-refractivity contribution in [2.45, 2.75) is 6.92 Å². The molecule has 0 radical (unpaired) electrons. The van der Waals surface area contributed by atoms with Crippen LogP contribution in [0.5, 0.6) is 0 Å². The van der Waals surface area contributed by atoms with Crippen molar-refractivity contribution >= 4 is 16.8 Å². The normalized spacial score (nSPS) is 10.5. The first-order valence-electron chi connectivity index (χ1n) is 3.76. The van der Waals surface area contributed by atoms with Crippen molar-refractivity contribution in [2.24, 2.45) is 0 Å². The second kappa shape index (κ2) is 2.55. The lowest BCUT2D eigenvalue weighted by Crippen LogP contribution is -2.01. The second-order valence-corrected chi connectivity index (χ2v) is 2.72. The number of aromatic nitrogens is 3. The number of nitrogens with one attached hydrogen (secondary N) is 2. The number of ketones is 1.